The first-order valence-corrected chi connectivity index (χ1v) is 38.4. The molecule has 2 aromatic heterocycles. The lowest BCUT2D eigenvalue weighted by Crippen LogP contribution is -2.46. The Kier molecular flexibility index (Phi) is 33.6. The molecule has 2 aromatic rings. The van der Waals surface area contributed by atoms with Crippen LogP contribution in [0.2, 0.25) is 36.3 Å². The second kappa shape index (κ2) is 35.0. The number of nitriles is 2. The van der Waals surface area contributed by atoms with Gasteiger partial charge in [-0.15, -0.1) is 0 Å². The van der Waals surface area contributed by atoms with E-state index in [1.165, 1.54) is 21.5 Å². The van der Waals surface area contributed by atoms with Gasteiger partial charge >= 0.3 is 11.4 Å². The van der Waals surface area contributed by atoms with Gasteiger partial charge in [0.25, 0.3) is 19.6 Å². The summed E-state index contributed by atoms with van der Waals surface area (Å²) >= 11 is 3.78. The Labute approximate surface area is 522 Å². The topological polar surface area (TPSA) is 252 Å². The molecule has 3 N–H and O–H groups in total. The molecular formula is C55H103I2N9O12P2Si2. The van der Waals surface area contributed by atoms with Crippen molar-refractivity contribution < 1.29 is 37.0 Å². The molecule has 0 spiro atoms. The fourth-order valence-electron chi connectivity index (χ4n) is 8.62. The predicted molar refractivity (Wildman–Crippen MR) is 352 cm³/mol. The van der Waals surface area contributed by atoms with Gasteiger partial charge < -0.3 is 37.0 Å². The van der Waals surface area contributed by atoms with Gasteiger partial charge in [-0.1, -0.05) is 49.0 Å². The fraction of sp³-hybridized carbons (Fsp3) is 0.818. The van der Waals surface area contributed by atoms with E-state index in [0.717, 1.165) is 0 Å². The van der Waals surface area contributed by atoms with E-state index >= 15 is 0 Å². The molecular weight excluding hydrogens is 1350 g/mol. The molecule has 82 heavy (non-hydrogen) atoms. The molecule has 7 atom stereocenters. The van der Waals surface area contributed by atoms with Crippen molar-refractivity contribution in [3.63, 3.8) is 0 Å². The number of aliphatic hydroxyl groups excluding tert-OH is 1. The number of halogens is 2. The van der Waals surface area contributed by atoms with Crippen molar-refractivity contribution in [1.29, 1.82) is 10.5 Å². The Balaban J connectivity index is 0.000000649. The molecule has 472 valence electrons. The molecule has 2 aliphatic rings. The van der Waals surface area contributed by atoms with Crippen LogP contribution in [0.25, 0.3) is 0 Å². The molecule has 2 aliphatic heterocycles. The summed E-state index contributed by atoms with van der Waals surface area (Å²) in [4.78, 5) is 52.7. The highest BCUT2D eigenvalue weighted by Gasteiger charge is 2.47. The zero-order chi connectivity index (χ0) is 62.3. The van der Waals surface area contributed by atoms with E-state index in [1.807, 2.05) is 45.2 Å². The average molecular weight is 1450 g/mol. The van der Waals surface area contributed by atoms with E-state index < -0.39 is 80.8 Å². The van der Waals surface area contributed by atoms with Gasteiger partial charge in [0.05, 0.1) is 70.8 Å². The van der Waals surface area contributed by atoms with Gasteiger partial charge in [-0.3, -0.25) is 28.7 Å². The van der Waals surface area contributed by atoms with Crippen molar-refractivity contribution in [3.05, 3.63) is 61.2 Å². The number of H-pyrrole nitrogens is 2. The molecule has 7 unspecified atom stereocenters. The predicted octanol–water partition coefficient (Wildman–Crippen LogP) is 11.9. The number of hydrogen-bond acceptors (Lipinski definition) is 17. The lowest BCUT2D eigenvalue weighted by molar-refractivity contribution is -0.0439. The summed E-state index contributed by atoms with van der Waals surface area (Å²) in [6, 6.07) is 6.31. The number of aromatic amines is 2. The molecule has 4 heterocycles. The lowest BCUT2D eigenvalue weighted by Gasteiger charge is -2.45. The highest BCUT2D eigenvalue weighted by Crippen LogP contribution is 2.51. The third-order valence-corrected chi connectivity index (χ3v) is 30.1. The van der Waals surface area contributed by atoms with Crippen molar-refractivity contribution >= 4 is 78.8 Å². The minimum Gasteiger partial charge on any atom is -0.411 e. The second-order valence-corrected chi connectivity index (χ2v) is 40.0. The van der Waals surface area contributed by atoms with Crippen molar-refractivity contribution in [2.24, 2.45) is 0 Å². The number of ether oxygens (including phenoxy) is 2. The molecule has 2 saturated heterocycles. The Morgan fingerprint density at radius 1 is 0.634 bits per heavy atom. The Hall–Kier alpha value is -1.35. The van der Waals surface area contributed by atoms with Crippen molar-refractivity contribution in [2.45, 2.75) is 267 Å². The summed E-state index contributed by atoms with van der Waals surface area (Å²) in [5, 5.41) is 27.4. The van der Waals surface area contributed by atoms with Crippen molar-refractivity contribution in [3.8, 4) is 12.1 Å². The maximum absolute atomic E-state index is 12.6. The number of nitrogens with zero attached hydrogens (tertiary/aromatic N) is 7. The lowest BCUT2D eigenvalue weighted by atomic mass is 10.2. The highest BCUT2D eigenvalue weighted by molar-refractivity contribution is 14.1. The first-order chi connectivity index (χ1) is 37.3. The summed E-state index contributed by atoms with van der Waals surface area (Å²) in [6.45, 7) is 48.5. The maximum Gasteiger partial charge on any atom is 0.330 e. The molecule has 0 aliphatic carbocycles. The van der Waals surface area contributed by atoms with Crippen LogP contribution in [0, 0.1) is 29.8 Å². The third kappa shape index (κ3) is 23.0. The SMILES string of the molecule is C.CC(C)(C)[Si](C)(C)OC1CC(n2cc(I)c(=O)[nH]c2=O)OC1CO.CC(C)N(C(C)C)P(OCCC#N)N(C(C)C)C(C)C.CC(C)N(C(C)C)P(OCCC#N)OCC1OC(n2cc(I)c(=O)[nH]c2=O)CC1O[Si](C)(C)C(C)(C)C. The molecule has 0 saturated carbocycles. The normalized spacial score (nSPS) is 20.3. The molecule has 21 nitrogen and oxygen atoms in total. The zero-order valence-corrected chi connectivity index (χ0v) is 60.6. The summed E-state index contributed by atoms with van der Waals surface area (Å²) in [5.74, 6) is 0. The van der Waals surface area contributed by atoms with Gasteiger partial charge in [-0.05, 0) is 165 Å². The smallest absolute Gasteiger partial charge is 0.330 e. The van der Waals surface area contributed by atoms with E-state index in [4.69, 9.17) is 42.4 Å². The van der Waals surface area contributed by atoms with Crippen LogP contribution in [0.15, 0.2) is 31.6 Å². The van der Waals surface area contributed by atoms with Gasteiger partial charge in [-0.25, -0.2) is 23.6 Å². The number of nitrogens with one attached hydrogen (secondary N) is 2. The van der Waals surface area contributed by atoms with Gasteiger partial charge in [0, 0.05) is 61.5 Å². The van der Waals surface area contributed by atoms with Crippen LogP contribution in [0.1, 0.15) is 170 Å². The molecule has 0 aromatic carbocycles. The number of hydrogen-bond donors (Lipinski definition) is 3. The number of aromatic nitrogens is 4. The molecule has 0 amide bonds. The standard InChI is InChI=1S/C24H42IN4O6PSi.C15H25IN2O5Si.C15H32N3OP.CH4/c1-16(2)29(17(3)4)36(32-12-10-11-26)33-15-20-19(35-37(8,9)24(5,6)7)13-21(34-20)28-14-18(25)22(30)27-23(28)31;1-15(2,3)24(4,5)23-10-6-12(22-11(10)8-19)18-7-9(16)13(20)17-14(18)21;1-12(2)17(13(3)4)20(19-11-9-10-16)18(14(5)6)15(7)8;/h14,16-17,19-21H,10,12-13,15H2,1-9H3,(H,27,30,31);7,10-12,19H,6,8H2,1-5H3,(H,17,20,21);12-15H,9,11H2,1-8H3;1H4. The number of aliphatic hydroxyl groups is 1. The molecule has 27 heteroatoms. The minimum atomic E-state index is -2.17. The maximum atomic E-state index is 12.6. The van der Waals surface area contributed by atoms with Crippen LogP contribution in [0.5, 0.6) is 0 Å². The van der Waals surface area contributed by atoms with Gasteiger partial charge in [0.1, 0.15) is 24.7 Å². The van der Waals surface area contributed by atoms with E-state index in [1.54, 1.807) is 0 Å². The van der Waals surface area contributed by atoms with Crippen molar-refractivity contribution in [1.82, 2.24) is 33.1 Å². The van der Waals surface area contributed by atoms with Crippen LogP contribution in [0.3, 0.4) is 0 Å². The summed E-state index contributed by atoms with van der Waals surface area (Å²) < 4.78 is 54.5. The van der Waals surface area contributed by atoms with E-state index in [-0.39, 0.29) is 68.0 Å². The molecule has 0 radical (unpaired) electrons. The van der Waals surface area contributed by atoms with Crippen molar-refractivity contribution in [2.75, 3.05) is 26.4 Å². The Morgan fingerprint density at radius 2 is 0.976 bits per heavy atom. The average Bonchev–Trinajstić information content (AvgIpc) is 3.92. The van der Waals surface area contributed by atoms with Gasteiger partial charge in [-0.2, -0.15) is 10.5 Å². The minimum absolute atomic E-state index is 0. The van der Waals surface area contributed by atoms with Crippen LogP contribution < -0.4 is 22.5 Å². The third-order valence-electron chi connectivity index (χ3n) is 14.5. The molecule has 0 bridgehead atoms. The van der Waals surface area contributed by atoms with E-state index in [9.17, 15) is 24.3 Å². The summed E-state index contributed by atoms with van der Waals surface area (Å²) in [5.41, 5.74) is -1.87. The second-order valence-electron chi connectivity index (χ2n) is 25.0. The molecule has 2 fully saturated rings. The fourth-order valence-corrected chi connectivity index (χ4v) is 16.2. The van der Waals surface area contributed by atoms with E-state index in [2.05, 4.69) is 187 Å². The zero-order valence-electron chi connectivity index (χ0n) is 52.5. The first kappa shape index (κ1) is 78.7. The van der Waals surface area contributed by atoms with Gasteiger partial charge in [0.2, 0.25) is 0 Å². The number of rotatable bonds is 25. The van der Waals surface area contributed by atoms with Gasteiger partial charge in [0.15, 0.2) is 25.1 Å². The van der Waals surface area contributed by atoms with Crippen LogP contribution in [0.4, 0.5) is 0 Å². The van der Waals surface area contributed by atoms with Crippen LogP contribution >= 0.6 is 62.2 Å². The highest BCUT2D eigenvalue weighted by atomic mass is 127. The van der Waals surface area contributed by atoms with Crippen LogP contribution in [-0.4, -0.2) is 142 Å². The largest absolute Gasteiger partial charge is 0.411 e. The summed E-state index contributed by atoms with van der Waals surface area (Å²) in [6.07, 6.45) is 1.97. The monoisotopic (exact) mass is 1450 g/mol. The molecule has 4 rings (SSSR count). The quantitative estimate of drug-likeness (QED) is 0.0362. The summed E-state index contributed by atoms with van der Waals surface area (Å²) in [7, 11) is -6.49. The van der Waals surface area contributed by atoms with Crippen LogP contribution in [-0.2, 0) is 31.9 Å². The Morgan fingerprint density at radius 3 is 1.30 bits per heavy atom. The Bertz CT molecular complexity index is 2530. The first-order valence-electron chi connectivity index (χ1n) is 28.2. The van der Waals surface area contributed by atoms with E-state index in [0.29, 0.717) is 57.2 Å².